The molecule has 1 amide bonds. The molecule has 0 fully saturated rings. The van der Waals surface area contributed by atoms with E-state index in [-0.39, 0.29) is 12.5 Å². The summed E-state index contributed by atoms with van der Waals surface area (Å²) in [5, 5.41) is 23.0. The number of hydrogen-bond acceptors (Lipinski definition) is 3. The van der Waals surface area contributed by atoms with Crippen LogP contribution >= 0.6 is 0 Å². The second kappa shape index (κ2) is 44.3. The van der Waals surface area contributed by atoms with Crippen LogP contribution in [0.2, 0.25) is 0 Å². The zero-order valence-corrected chi connectivity index (χ0v) is 35.3. The molecule has 0 aromatic heterocycles. The van der Waals surface area contributed by atoms with E-state index in [0.29, 0.717) is 6.42 Å². The zero-order valence-electron chi connectivity index (χ0n) is 35.3. The van der Waals surface area contributed by atoms with Gasteiger partial charge < -0.3 is 15.5 Å². The summed E-state index contributed by atoms with van der Waals surface area (Å²) in [6, 6.07) is -0.634. The molecule has 0 aromatic carbocycles. The fraction of sp³-hybridized carbons (Fsp3) is 0.896. The van der Waals surface area contributed by atoms with Gasteiger partial charge >= 0.3 is 0 Å². The number of aliphatic hydroxyl groups excluding tert-OH is 2. The Hall–Kier alpha value is -1.13. The molecular weight excluding hydrogens is 639 g/mol. The lowest BCUT2D eigenvalue weighted by molar-refractivity contribution is -0.123. The monoisotopic (exact) mass is 732 g/mol. The van der Waals surface area contributed by atoms with Gasteiger partial charge in [0.1, 0.15) is 0 Å². The summed E-state index contributed by atoms with van der Waals surface area (Å²) in [4.78, 5) is 12.4. The summed E-state index contributed by atoms with van der Waals surface area (Å²) in [7, 11) is 0. The highest BCUT2D eigenvalue weighted by atomic mass is 16.3. The van der Waals surface area contributed by atoms with Crippen LogP contribution < -0.4 is 5.32 Å². The van der Waals surface area contributed by atoms with Gasteiger partial charge in [-0.05, 0) is 32.1 Å². The molecule has 52 heavy (non-hydrogen) atoms. The molecule has 2 atom stereocenters. The fourth-order valence-corrected chi connectivity index (χ4v) is 7.31. The van der Waals surface area contributed by atoms with E-state index in [4.69, 9.17) is 0 Å². The maximum Gasteiger partial charge on any atom is 0.220 e. The number of unbranched alkanes of at least 4 members (excludes halogenated alkanes) is 34. The highest BCUT2D eigenvalue weighted by Crippen LogP contribution is 2.16. The zero-order chi connectivity index (χ0) is 37.8. The molecule has 4 heteroatoms. The Morgan fingerprint density at radius 3 is 1.12 bits per heavy atom. The Morgan fingerprint density at radius 1 is 0.442 bits per heavy atom. The topological polar surface area (TPSA) is 69.6 Å². The molecule has 4 nitrogen and oxygen atoms in total. The van der Waals surface area contributed by atoms with Gasteiger partial charge in [0.2, 0.25) is 5.91 Å². The molecule has 2 unspecified atom stereocenters. The summed E-state index contributed by atoms with van der Waals surface area (Å²) >= 11 is 0. The number of rotatable bonds is 43. The molecular formula is C48H93NO3. The lowest BCUT2D eigenvalue weighted by Gasteiger charge is -2.19. The maximum absolute atomic E-state index is 12.4. The molecule has 0 spiro atoms. The Labute approximate surface area is 326 Å². The van der Waals surface area contributed by atoms with E-state index < -0.39 is 12.1 Å². The SMILES string of the molecule is CCCCCCCCCCCCC/C=C/CC/C=C/C(O)C(CO)NC(=O)CCCCCCCCCCCCCCCCCCCCCCCCC. The van der Waals surface area contributed by atoms with E-state index >= 15 is 0 Å². The molecule has 0 aromatic rings. The van der Waals surface area contributed by atoms with Crippen molar-refractivity contribution in [1.82, 2.24) is 5.32 Å². The normalized spacial score (nSPS) is 13.1. The van der Waals surface area contributed by atoms with Crippen LogP contribution in [0.4, 0.5) is 0 Å². The van der Waals surface area contributed by atoms with Gasteiger partial charge in [-0.25, -0.2) is 0 Å². The Bertz CT molecular complexity index is 750. The quantitative estimate of drug-likeness (QED) is 0.0432. The van der Waals surface area contributed by atoms with Crippen LogP contribution in [0.3, 0.4) is 0 Å². The number of allylic oxidation sites excluding steroid dienone is 3. The minimum atomic E-state index is -0.858. The predicted molar refractivity (Wildman–Crippen MR) is 230 cm³/mol. The largest absolute Gasteiger partial charge is 0.394 e. The average Bonchev–Trinajstić information content (AvgIpc) is 3.15. The van der Waals surface area contributed by atoms with Gasteiger partial charge in [0, 0.05) is 6.42 Å². The molecule has 0 bridgehead atoms. The third-order valence-corrected chi connectivity index (χ3v) is 10.9. The molecule has 0 aliphatic heterocycles. The molecule has 3 N–H and O–H groups in total. The number of amides is 1. The molecule has 0 aliphatic rings. The van der Waals surface area contributed by atoms with Crippen LogP contribution in [-0.2, 0) is 4.79 Å². The third kappa shape index (κ3) is 40.1. The van der Waals surface area contributed by atoms with Gasteiger partial charge in [-0.1, -0.05) is 244 Å². The number of carbonyl (C=O) groups excluding carboxylic acids is 1. The van der Waals surface area contributed by atoms with Crippen molar-refractivity contribution in [3.05, 3.63) is 24.3 Å². The number of carbonyl (C=O) groups is 1. The first-order valence-electron chi connectivity index (χ1n) is 23.6. The van der Waals surface area contributed by atoms with Gasteiger partial charge in [-0.15, -0.1) is 0 Å². The van der Waals surface area contributed by atoms with Crippen molar-refractivity contribution in [1.29, 1.82) is 0 Å². The van der Waals surface area contributed by atoms with Crippen molar-refractivity contribution >= 4 is 5.91 Å². The third-order valence-electron chi connectivity index (χ3n) is 10.9. The van der Waals surface area contributed by atoms with Crippen molar-refractivity contribution < 1.29 is 15.0 Å². The fourth-order valence-electron chi connectivity index (χ4n) is 7.31. The molecule has 0 aliphatic carbocycles. The van der Waals surface area contributed by atoms with Crippen LogP contribution in [0.25, 0.3) is 0 Å². The van der Waals surface area contributed by atoms with Gasteiger partial charge in [0.05, 0.1) is 18.8 Å². The number of hydrogen-bond donors (Lipinski definition) is 3. The van der Waals surface area contributed by atoms with E-state index in [9.17, 15) is 15.0 Å². The molecule has 0 saturated heterocycles. The van der Waals surface area contributed by atoms with E-state index in [1.807, 2.05) is 6.08 Å². The molecule has 308 valence electrons. The molecule has 0 rings (SSSR count). The lowest BCUT2D eigenvalue weighted by atomic mass is 10.0. The van der Waals surface area contributed by atoms with Crippen LogP contribution in [0.5, 0.6) is 0 Å². The van der Waals surface area contributed by atoms with Gasteiger partial charge in [0.15, 0.2) is 0 Å². The summed E-state index contributed by atoms with van der Waals surface area (Å²) in [6.07, 6.45) is 57.3. The van der Waals surface area contributed by atoms with Gasteiger partial charge in [-0.2, -0.15) is 0 Å². The van der Waals surface area contributed by atoms with E-state index in [2.05, 4.69) is 31.3 Å². The van der Waals surface area contributed by atoms with Crippen LogP contribution in [0.15, 0.2) is 24.3 Å². The predicted octanol–water partition coefficient (Wildman–Crippen LogP) is 14.8. The summed E-state index contributed by atoms with van der Waals surface area (Å²) < 4.78 is 0. The first-order valence-corrected chi connectivity index (χ1v) is 23.6. The van der Waals surface area contributed by atoms with Crippen molar-refractivity contribution in [3.8, 4) is 0 Å². The Kier molecular flexibility index (Phi) is 43.3. The minimum Gasteiger partial charge on any atom is -0.394 e. The molecule has 0 saturated carbocycles. The second-order valence-corrected chi connectivity index (χ2v) is 16.2. The Morgan fingerprint density at radius 2 is 0.750 bits per heavy atom. The maximum atomic E-state index is 12.4. The van der Waals surface area contributed by atoms with E-state index in [1.165, 1.54) is 205 Å². The summed E-state index contributed by atoms with van der Waals surface area (Å²) in [5.41, 5.74) is 0. The van der Waals surface area contributed by atoms with Crippen LogP contribution in [0.1, 0.15) is 258 Å². The van der Waals surface area contributed by atoms with Gasteiger partial charge in [0.25, 0.3) is 0 Å². The first kappa shape index (κ1) is 50.9. The van der Waals surface area contributed by atoms with Crippen molar-refractivity contribution in [2.75, 3.05) is 6.61 Å². The van der Waals surface area contributed by atoms with E-state index in [0.717, 1.165) is 32.1 Å². The highest BCUT2D eigenvalue weighted by Gasteiger charge is 2.17. The first-order chi connectivity index (χ1) is 25.7. The number of aliphatic hydroxyl groups is 2. The van der Waals surface area contributed by atoms with Crippen molar-refractivity contribution in [2.45, 2.75) is 270 Å². The second-order valence-electron chi connectivity index (χ2n) is 16.2. The standard InChI is InChI=1S/C48H93NO3/c1-3-5-7-9-11-13-15-17-19-21-22-23-24-25-26-28-30-32-34-36-38-40-42-44-48(52)49-46(45-50)47(51)43-41-39-37-35-33-31-29-27-20-18-16-14-12-10-8-6-4-2/h33,35,41,43,46-47,50-51H,3-32,34,36-40,42,44-45H2,1-2H3,(H,49,52)/b35-33+,43-41+. The van der Waals surface area contributed by atoms with Crippen molar-refractivity contribution in [3.63, 3.8) is 0 Å². The molecule has 0 heterocycles. The molecule has 0 radical (unpaired) electrons. The highest BCUT2D eigenvalue weighted by molar-refractivity contribution is 5.76. The van der Waals surface area contributed by atoms with Gasteiger partial charge in [-0.3, -0.25) is 4.79 Å². The van der Waals surface area contributed by atoms with Crippen LogP contribution in [0, 0.1) is 0 Å². The number of nitrogens with one attached hydrogen (secondary N) is 1. The van der Waals surface area contributed by atoms with Crippen molar-refractivity contribution in [2.24, 2.45) is 0 Å². The van der Waals surface area contributed by atoms with E-state index in [1.54, 1.807) is 6.08 Å². The average molecular weight is 732 g/mol. The smallest absolute Gasteiger partial charge is 0.220 e. The van der Waals surface area contributed by atoms with Crippen LogP contribution in [-0.4, -0.2) is 34.9 Å². The lowest BCUT2D eigenvalue weighted by Crippen LogP contribution is -2.45. The summed E-state index contributed by atoms with van der Waals surface area (Å²) in [5.74, 6) is -0.0691. The Balaban J connectivity index is 3.53. The summed E-state index contributed by atoms with van der Waals surface area (Å²) in [6.45, 7) is 4.32. The minimum absolute atomic E-state index is 0.0691.